The smallest absolute Gasteiger partial charge is 0.276 e. The number of aromatic nitrogens is 1. The average Bonchev–Trinajstić information content (AvgIpc) is 3.15. The molecule has 0 unspecified atom stereocenters. The summed E-state index contributed by atoms with van der Waals surface area (Å²) in [6.07, 6.45) is 0. The normalized spacial score (nSPS) is 14.9. The van der Waals surface area contributed by atoms with Gasteiger partial charge in [-0.05, 0) is 42.8 Å². The summed E-state index contributed by atoms with van der Waals surface area (Å²) >= 11 is 6.08. The fourth-order valence-electron chi connectivity index (χ4n) is 3.08. The molecule has 0 atom stereocenters. The van der Waals surface area contributed by atoms with Gasteiger partial charge >= 0.3 is 0 Å². The van der Waals surface area contributed by atoms with Crippen LogP contribution in [0.25, 0.3) is 11.0 Å². The van der Waals surface area contributed by atoms with Gasteiger partial charge in [-0.3, -0.25) is 9.52 Å². The molecule has 10 heteroatoms. The van der Waals surface area contributed by atoms with E-state index in [1.807, 2.05) is 0 Å². The first-order valence-corrected chi connectivity index (χ1v) is 10.8. The second-order valence-corrected chi connectivity index (χ2v) is 8.70. The minimum absolute atomic E-state index is 0.0106. The highest BCUT2D eigenvalue weighted by atomic mass is 35.5. The molecule has 8 nitrogen and oxygen atoms in total. The SMILES string of the molecule is Cc1c(Cl)cccc1NS(=O)(=O)c1ccc2onc(C(=O)N3CCOCC3)c2c1. The van der Waals surface area contributed by atoms with Crippen molar-refractivity contribution in [1.29, 1.82) is 0 Å². The third kappa shape index (κ3) is 3.81. The number of halogens is 1. The van der Waals surface area contributed by atoms with Crippen LogP contribution in [0, 0.1) is 6.92 Å². The van der Waals surface area contributed by atoms with Crippen LogP contribution in [0.4, 0.5) is 5.69 Å². The van der Waals surface area contributed by atoms with Crippen molar-refractivity contribution >= 4 is 44.2 Å². The van der Waals surface area contributed by atoms with Crippen molar-refractivity contribution in [3.8, 4) is 0 Å². The lowest BCUT2D eigenvalue weighted by atomic mass is 10.2. The molecule has 1 aliphatic rings. The van der Waals surface area contributed by atoms with E-state index in [4.69, 9.17) is 20.9 Å². The second-order valence-electron chi connectivity index (χ2n) is 6.61. The highest BCUT2D eigenvalue weighted by Crippen LogP contribution is 2.28. The summed E-state index contributed by atoms with van der Waals surface area (Å²) < 4.78 is 38.8. The topological polar surface area (TPSA) is 102 Å². The Balaban J connectivity index is 1.69. The summed E-state index contributed by atoms with van der Waals surface area (Å²) in [4.78, 5) is 14.4. The number of ether oxygens (including phenoxy) is 1. The van der Waals surface area contributed by atoms with Gasteiger partial charge in [0.05, 0.1) is 29.2 Å². The van der Waals surface area contributed by atoms with Gasteiger partial charge in [0, 0.05) is 18.1 Å². The Kier molecular flexibility index (Phi) is 5.20. The Morgan fingerprint density at radius 3 is 2.72 bits per heavy atom. The van der Waals surface area contributed by atoms with Crippen LogP contribution < -0.4 is 4.72 Å². The third-order valence-corrected chi connectivity index (χ3v) is 6.54. The van der Waals surface area contributed by atoms with Gasteiger partial charge in [-0.2, -0.15) is 0 Å². The Hall–Kier alpha value is -2.62. The van der Waals surface area contributed by atoms with Crippen molar-refractivity contribution in [2.75, 3.05) is 31.0 Å². The van der Waals surface area contributed by atoms with Gasteiger partial charge < -0.3 is 14.2 Å². The number of benzene rings is 2. The first-order valence-electron chi connectivity index (χ1n) is 8.91. The Labute approximate surface area is 172 Å². The molecule has 1 saturated heterocycles. The van der Waals surface area contributed by atoms with Crippen molar-refractivity contribution < 1.29 is 22.5 Å². The maximum atomic E-state index is 12.9. The minimum atomic E-state index is -3.91. The minimum Gasteiger partial charge on any atom is -0.378 e. The van der Waals surface area contributed by atoms with Crippen LogP contribution in [0.2, 0.25) is 5.02 Å². The van der Waals surface area contributed by atoms with Crippen LogP contribution in [0.15, 0.2) is 45.8 Å². The van der Waals surface area contributed by atoms with E-state index >= 15 is 0 Å². The zero-order chi connectivity index (χ0) is 20.6. The monoisotopic (exact) mass is 435 g/mol. The fourth-order valence-corrected chi connectivity index (χ4v) is 4.40. The molecule has 1 N–H and O–H groups in total. The predicted octanol–water partition coefficient (Wildman–Crippen LogP) is 3.06. The van der Waals surface area contributed by atoms with E-state index in [-0.39, 0.29) is 16.5 Å². The number of morpholine rings is 1. The van der Waals surface area contributed by atoms with Crippen molar-refractivity contribution in [2.24, 2.45) is 0 Å². The molecule has 1 amide bonds. The van der Waals surface area contributed by atoms with E-state index in [2.05, 4.69) is 9.88 Å². The van der Waals surface area contributed by atoms with Crippen LogP contribution in [-0.2, 0) is 14.8 Å². The number of carbonyl (C=O) groups is 1. The summed E-state index contributed by atoms with van der Waals surface area (Å²) in [7, 11) is -3.91. The zero-order valence-electron chi connectivity index (χ0n) is 15.5. The van der Waals surface area contributed by atoms with Crippen LogP contribution in [0.5, 0.6) is 0 Å². The van der Waals surface area contributed by atoms with Gasteiger partial charge in [0.15, 0.2) is 11.3 Å². The molecule has 4 rings (SSSR count). The number of amides is 1. The predicted molar refractivity (Wildman–Crippen MR) is 108 cm³/mol. The summed E-state index contributed by atoms with van der Waals surface area (Å²) in [5.74, 6) is -0.319. The molecule has 3 aromatic rings. The highest BCUT2D eigenvalue weighted by Gasteiger charge is 2.25. The van der Waals surface area contributed by atoms with Crippen LogP contribution >= 0.6 is 11.6 Å². The Morgan fingerprint density at radius 2 is 1.97 bits per heavy atom. The number of hydrogen-bond donors (Lipinski definition) is 1. The van der Waals surface area contributed by atoms with E-state index in [1.165, 1.54) is 18.2 Å². The molecule has 29 heavy (non-hydrogen) atoms. The van der Waals surface area contributed by atoms with Gasteiger partial charge in [0.25, 0.3) is 15.9 Å². The van der Waals surface area contributed by atoms with Gasteiger partial charge in [-0.15, -0.1) is 0 Å². The number of nitrogens with one attached hydrogen (secondary N) is 1. The standard InChI is InChI=1S/C19H18ClN3O5S/c1-12-15(20)3-2-4-16(12)22-29(25,26)13-5-6-17-14(11-13)18(21-28-17)19(24)23-7-9-27-10-8-23/h2-6,11,22H,7-10H2,1H3. The number of rotatable bonds is 4. The molecule has 0 radical (unpaired) electrons. The van der Waals surface area contributed by atoms with Gasteiger partial charge in [0.1, 0.15) is 0 Å². The molecule has 1 fully saturated rings. The maximum absolute atomic E-state index is 12.9. The lowest BCUT2D eigenvalue weighted by molar-refractivity contribution is 0.0297. The molecule has 1 aromatic heterocycles. The molecular weight excluding hydrogens is 418 g/mol. The van der Waals surface area contributed by atoms with Crippen LogP contribution in [-0.4, -0.2) is 50.7 Å². The first-order chi connectivity index (χ1) is 13.9. The van der Waals surface area contributed by atoms with Crippen molar-refractivity contribution in [2.45, 2.75) is 11.8 Å². The zero-order valence-corrected chi connectivity index (χ0v) is 17.1. The number of fused-ring (bicyclic) bond motifs is 1. The van der Waals surface area contributed by atoms with Gasteiger partial charge in [-0.25, -0.2) is 8.42 Å². The molecule has 152 valence electrons. The van der Waals surface area contributed by atoms with Crippen LogP contribution in [0.1, 0.15) is 16.1 Å². The molecular formula is C19H18ClN3O5S. The summed E-state index contributed by atoms with van der Waals surface area (Å²) in [5.41, 5.74) is 1.41. The Morgan fingerprint density at radius 1 is 1.21 bits per heavy atom. The lowest BCUT2D eigenvalue weighted by Gasteiger charge is -2.25. The quantitative estimate of drug-likeness (QED) is 0.675. The molecule has 2 heterocycles. The molecule has 2 aromatic carbocycles. The number of anilines is 1. The Bertz CT molecular complexity index is 1190. The summed E-state index contributed by atoms with van der Waals surface area (Å²) in [6, 6.07) is 9.25. The summed E-state index contributed by atoms with van der Waals surface area (Å²) in [5, 5.41) is 4.66. The fraction of sp³-hybridized carbons (Fsp3) is 0.263. The molecule has 1 aliphatic heterocycles. The molecule has 0 spiro atoms. The van der Waals surface area contributed by atoms with E-state index < -0.39 is 10.0 Å². The van der Waals surface area contributed by atoms with E-state index in [1.54, 1.807) is 30.0 Å². The summed E-state index contributed by atoms with van der Waals surface area (Å²) in [6.45, 7) is 3.51. The number of hydrogen-bond acceptors (Lipinski definition) is 6. The van der Waals surface area contributed by atoms with Gasteiger partial charge in [0.2, 0.25) is 0 Å². The second kappa shape index (κ2) is 7.66. The number of nitrogens with zero attached hydrogens (tertiary/aromatic N) is 2. The van der Waals surface area contributed by atoms with E-state index in [9.17, 15) is 13.2 Å². The maximum Gasteiger partial charge on any atom is 0.276 e. The van der Waals surface area contributed by atoms with Crippen LogP contribution in [0.3, 0.4) is 0 Å². The molecule has 0 aliphatic carbocycles. The average molecular weight is 436 g/mol. The molecule has 0 saturated carbocycles. The third-order valence-electron chi connectivity index (χ3n) is 4.76. The van der Waals surface area contributed by atoms with E-state index in [0.29, 0.717) is 53.5 Å². The first kappa shape index (κ1) is 19.7. The van der Waals surface area contributed by atoms with Crippen molar-refractivity contribution in [3.63, 3.8) is 0 Å². The van der Waals surface area contributed by atoms with Gasteiger partial charge in [-0.1, -0.05) is 22.8 Å². The largest absolute Gasteiger partial charge is 0.378 e. The number of carbonyl (C=O) groups excluding carboxylic acids is 1. The molecule has 0 bridgehead atoms. The highest BCUT2D eigenvalue weighted by molar-refractivity contribution is 7.92. The van der Waals surface area contributed by atoms with E-state index in [0.717, 1.165) is 0 Å². The lowest BCUT2D eigenvalue weighted by Crippen LogP contribution is -2.40. The number of sulfonamides is 1. The van der Waals surface area contributed by atoms with Crippen molar-refractivity contribution in [1.82, 2.24) is 10.1 Å². The van der Waals surface area contributed by atoms with Crippen molar-refractivity contribution in [3.05, 3.63) is 52.7 Å².